The van der Waals surface area contributed by atoms with Gasteiger partial charge in [0.25, 0.3) is 0 Å². The van der Waals surface area contributed by atoms with Crippen molar-refractivity contribution in [2.24, 2.45) is 5.73 Å². The molecule has 0 aliphatic rings. The summed E-state index contributed by atoms with van der Waals surface area (Å²) in [5.74, 6) is 0. The fourth-order valence-electron chi connectivity index (χ4n) is 0.159. The first kappa shape index (κ1) is 7.27. The van der Waals surface area contributed by atoms with Crippen LogP contribution in [-0.2, 0) is 17.0 Å². The molecule has 0 aliphatic carbocycles. The van der Waals surface area contributed by atoms with Crippen molar-refractivity contribution in [1.29, 1.82) is 5.41 Å². The average molecular weight is 153 g/mol. The van der Waals surface area contributed by atoms with E-state index >= 15 is 0 Å². The van der Waals surface area contributed by atoms with Crippen LogP contribution < -0.4 is 5.73 Å². The van der Waals surface area contributed by atoms with E-state index in [0.29, 0.717) is 0 Å². The zero-order valence-corrected chi connectivity index (χ0v) is 6.15. The van der Waals surface area contributed by atoms with Gasteiger partial charge in [-0.3, -0.25) is 0 Å². The summed E-state index contributed by atoms with van der Waals surface area (Å²) in [7, 11) is 0. The Bertz CT molecular complexity index is 89.1. The molecular weight excluding hydrogens is 147 g/mol. The van der Waals surface area contributed by atoms with Gasteiger partial charge < -0.3 is 0 Å². The van der Waals surface area contributed by atoms with E-state index in [4.69, 9.17) is 11.1 Å². The molecule has 0 radical (unpaired) electrons. The molecule has 0 heterocycles. The third kappa shape index (κ3) is 6.27. The molecule has 2 nitrogen and oxygen atoms in total. The molecule has 0 bridgehead atoms. The first-order valence-corrected chi connectivity index (χ1v) is 3.19. The van der Waals surface area contributed by atoms with Crippen LogP contribution in [0.1, 0.15) is 6.92 Å². The molecule has 0 rings (SSSR count). The quantitative estimate of drug-likeness (QED) is 0.420. The fourth-order valence-corrected chi connectivity index (χ4v) is 0.938. The summed E-state index contributed by atoms with van der Waals surface area (Å²) < 4.78 is 1.04. The zero-order valence-electron chi connectivity index (χ0n) is 3.93. The van der Waals surface area contributed by atoms with Crippen LogP contribution in [-0.4, -0.2) is 8.73 Å². The van der Waals surface area contributed by atoms with Crippen LogP contribution in [0.3, 0.4) is 0 Å². The minimum atomic E-state index is 0.151. The van der Waals surface area contributed by atoms with Gasteiger partial charge >= 0.3 is 55.5 Å². The Morgan fingerprint density at radius 2 is 2.29 bits per heavy atom. The molecule has 0 aliphatic heterocycles. The van der Waals surface area contributed by atoms with E-state index in [9.17, 15) is 0 Å². The van der Waals surface area contributed by atoms with E-state index in [1.807, 2.05) is 6.92 Å². The van der Waals surface area contributed by atoms with Crippen LogP contribution in [0.25, 0.3) is 0 Å². The first-order valence-electron chi connectivity index (χ1n) is 1.67. The summed E-state index contributed by atoms with van der Waals surface area (Å²) in [4.78, 5) is 0. The number of hydrogen-bond acceptors (Lipinski definition) is 2. The van der Waals surface area contributed by atoms with E-state index in [2.05, 4.69) is 17.0 Å². The maximum absolute atomic E-state index is 6.73. The predicted octanol–water partition coefficient (Wildman–Crippen LogP) is 0.310. The standard InChI is InChI=1S/C3H6N2S.V/c1-2-6-3(4)5;/h1H3,(H3,4,5);. The van der Waals surface area contributed by atoms with Crippen molar-refractivity contribution in [2.75, 3.05) is 0 Å². The fraction of sp³-hybridized carbons (Fsp3) is 0.333. The number of hydrogen-bond donors (Lipinski definition) is 2. The summed E-state index contributed by atoms with van der Waals surface area (Å²) in [5, 5.41) is 6.89. The van der Waals surface area contributed by atoms with Crippen molar-refractivity contribution in [1.82, 2.24) is 0 Å². The Labute approximate surface area is 55.9 Å². The summed E-state index contributed by atoms with van der Waals surface area (Å²) in [6.07, 6.45) is 0. The number of nitrogens with two attached hydrogens (primary N) is 1. The summed E-state index contributed by atoms with van der Waals surface area (Å²) in [6, 6.07) is 0. The van der Waals surface area contributed by atoms with Crippen molar-refractivity contribution in [3.05, 3.63) is 0 Å². The SMILES string of the molecule is C[C](=[V])SC(=N)N. The molecule has 0 amide bonds. The molecule has 7 heavy (non-hydrogen) atoms. The van der Waals surface area contributed by atoms with Crippen LogP contribution in [0.2, 0.25) is 0 Å². The van der Waals surface area contributed by atoms with Gasteiger partial charge in [0, 0.05) is 0 Å². The zero-order chi connectivity index (χ0) is 5.86. The molecule has 0 aromatic carbocycles. The van der Waals surface area contributed by atoms with Gasteiger partial charge in [-0.1, -0.05) is 0 Å². The Hall–Kier alpha value is 0.274. The van der Waals surface area contributed by atoms with Crippen LogP contribution >= 0.6 is 11.8 Å². The van der Waals surface area contributed by atoms with E-state index in [1.165, 1.54) is 11.8 Å². The molecule has 0 atom stereocenters. The molecule has 0 aromatic heterocycles. The van der Waals surface area contributed by atoms with Gasteiger partial charge in [-0.25, -0.2) is 0 Å². The van der Waals surface area contributed by atoms with Crippen molar-refractivity contribution < 1.29 is 17.0 Å². The second-order valence-corrected chi connectivity index (χ2v) is 3.77. The van der Waals surface area contributed by atoms with E-state index in [-0.39, 0.29) is 5.17 Å². The summed E-state index contributed by atoms with van der Waals surface area (Å²) >= 11 is 3.59. The molecule has 0 saturated heterocycles. The van der Waals surface area contributed by atoms with Crippen molar-refractivity contribution in [3.63, 3.8) is 0 Å². The Morgan fingerprint density at radius 3 is 2.29 bits per heavy atom. The number of amidine groups is 1. The second kappa shape index (κ2) is 3.30. The summed E-state index contributed by atoms with van der Waals surface area (Å²) in [5.41, 5.74) is 5.01. The van der Waals surface area contributed by atoms with Crippen LogP contribution in [0.5, 0.6) is 0 Å². The van der Waals surface area contributed by atoms with Gasteiger partial charge in [-0.05, 0) is 0 Å². The number of nitrogens with one attached hydrogen (secondary N) is 1. The molecule has 3 N–H and O–H groups in total. The van der Waals surface area contributed by atoms with Crippen LogP contribution in [0.15, 0.2) is 0 Å². The number of thioether (sulfide) groups is 1. The Kier molecular flexibility index (Phi) is 3.43. The van der Waals surface area contributed by atoms with E-state index in [1.54, 1.807) is 0 Å². The van der Waals surface area contributed by atoms with Gasteiger partial charge in [0.05, 0.1) is 0 Å². The third-order valence-electron chi connectivity index (χ3n) is 0.258. The molecule has 39 valence electrons. The molecule has 0 unspecified atom stereocenters. The topological polar surface area (TPSA) is 49.9 Å². The van der Waals surface area contributed by atoms with E-state index < -0.39 is 0 Å². The third-order valence-corrected chi connectivity index (χ3v) is 1.20. The molecule has 0 saturated carbocycles. The van der Waals surface area contributed by atoms with Crippen LogP contribution in [0.4, 0.5) is 0 Å². The average Bonchev–Trinajstić information content (AvgIpc) is 1.27. The minimum absolute atomic E-state index is 0.151. The second-order valence-electron chi connectivity index (χ2n) is 0.985. The van der Waals surface area contributed by atoms with Gasteiger partial charge in [-0.15, -0.1) is 0 Å². The van der Waals surface area contributed by atoms with Crippen LogP contribution in [0, 0.1) is 5.41 Å². The van der Waals surface area contributed by atoms with Gasteiger partial charge in [0.15, 0.2) is 0 Å². The first-order chi connectivity index (χ1) is 3.13. The monoisotopic (exact) mass is 153 g/mol. The van der Waals surface area contributed by atoms with Crippen molar-refractivity contribution in [3.8, 4) is 0 Å². The van der Waals surface area contributed by atoms with Crippen molar-refractivity contribution >= 4 is 20.5 Å². The molecule has 0 spiro atoms. The summed E-state index contributed by atoms with van der Waals surface area (Å²) in [6.45, 7) is 1.89. The van der Waals surface area contributed by atoms with Gasteiger partial charge in [-0.2, -0.15) is 0 Å². The maximum atomic E-state index is 6.73. The normalized spacial score (nSPS) is 8.00. The Morgan fingerprint density at radius 1 is 1.86 bits per heavy atom. The van der Waals surface area contributed by atoms with Gasteiger partial charge in [0.1, 0.15) is 0 Å². The van der Waals surface area contributed by atoms with Crippen molar-refractivity contribution in [2.45, 2.75) is 6.92 Å². The van der Waals surface area contributed by atoms with Gasteiger partial charge in [0.2, 0.25) is 0 Å². The molecular formula is C3H6N2SV. The number of rotatable bonds is 1. The molecule has 0 aromatic rings. The predicted molar refractivity (Wildman–Crippen MR) is 30.2 cm³/mol. The Balaban J connectivity index is 3.32. The van der Waals surface area contributed by atoms with E-state index in [0.717, 1.165) is 3.56 Å². The molecule has 0 fully saturated rings. The molecule has 4 heteroatoms.